The van der Waals surface area contributed by atoms with E-state index in [2.05, 4.69) is 31.7 Å². The Kier molecular flexibility index (Phi) is 2.13. The number of aliphatic imine (C=N–C) groups is 1. The number of hydroxylamine groups is 1. The summed E-state index contributed by atoms with van der Waals surface area (Å²) in [5, 5.41) is 12.5. The minimum atomic E-state index is 0.350. The lowest BCUT2D eigenvalue weighted by molar-refractivity contribution is -0.0554. The van der Waals surface area contributed by atoms with Crippen LogP contribution in [-0.4, -0.2) is 23.4 Å². The van der Waals surface area contributed by atoms with Crippen LogP contribution in [-0.2, 0) is 0 Å². The molecule has 0 unspecified atom stereocenters. The van der Waals surface area contributed by atoms with Crippen molar-refractivity contribution in [2.45, 2.75) is 0 Å². The normalized spacial score (nSPS) is 21.7. The van der Waals surface area contributed by atoms with E-state index in [1.807, 2.05) is 0 Å². The van der Waals surface area contributed by atoms with Crippen molar-refractivity contribution in [2.24, 2.45) is 4.99 Å². The van der Waals surface area contributed by atoms with Gasteiger partial charge in [0.1, 0.15) is 4.61 Å². The summed E-state index contributed by atoms with van der Waals surface area (Å²) in [5.41, 5.74) is 2.55. The molecule has 5 nitrogen and oxygen atoms in total. The summed E-state index contributed by atoms with van der Waals surface area (Å²) in [4.78, 5) is 3.72. The molecule has 0 saturated carbocycles. The van der Waals surface area contributed by atoms with Crippen LogP contribution in [0.4, 0.5) is 0 Å². The molecule has 0 bridgehead atoms. The van der Waals surface area contributed by atoms with Crippen molar-refractivity contribution in [3.8, 4) is 0 Å². The Balaban J connectivity index is 2.70. The fourth-order valence-electron chi connectivity index (χ4n) is 0.535. The molecule has 0 aliphatic carbocycles. The molecular weight excluding hydrogens is 200 g/mol. The summed E-state index contributed by atoms with van der Waals surface area (Å²) >= 11 is 3.12. The van der Waals surface area contributed by atoms with Gasteiger partial charge in [-0.05, 0) is 15.9 Å². The van der Waals surface area contributed by atoms with Crippen LogP contribution in [0.1, 0.15) is 0 Å². The molecular formula is C4H7BrN4O. The lowest BCUT2D eigenvalue weighted by Crippen LogP contribution is -2.48. The highest BCUT2D eigenvalue weighted by Gasteiger charge is 2.11. The monoisotopic (exact) mass is 206 g/mol. The Hall–Kier alpha value is -0.750. The molecule has 1 rings (SSSR count). The van der Waals surface area contributed by atoms with Crippen molar-refractivity contribution in [1.29, 1.82) is 0 Å². The third-order valence-electron chi connectivity index (χ3n) is 0.953. The van der Waals surface area contributed by atoms with Gasteiger partial charge < -0.3 is 5.32 Å². The van der Waals surface area contributed by atoms with Crippen LogP contribution in [0.3, 0.4) is 0 Å². The van der Waals surface area contributed by atoms with Crippen molar-refractivity contribution >= 4 is 21.9 Å². The third kappa shape index (κ3) is 1.39. The van der Waals surface area contributed by atoms with Gasteiger partial charge in [0.15, 0.2) is 0 Å². The van der Waals surface area contributed by atoms with E-state index in [1.54, 1.807) is 13.2 Å². The quantitative estimate of drug-likeness (QED) is 0.488. The van der Waals surface area contributed by atoms with Gasteiger partial charge >= 0.3 is 0 Å². The average molecular weight is 207 g/mol. The van der Waals surface area contributed by atoms with Gasteiger partial charge in [-0.15, -0.1) is 5.17 Å². The van der Waals surface area contributed by atoms with E-state index in [1.165, 1.54) is 0 Å². The maximum absolute atomic E-state index is 9.00. The van der Waals surface area contributed by atoms with Gasteiger partial charge in [0.2, 0.25) is 5.96 Å². The van der Waals surface area contributed by atoms with Gasteiger partial charge in [0.25, 0.3) is 0 Å². The molecule has 0 radical (unpaired) electrons. The lowest BCUT2D eigenvalue weighted by Gasteiger charge is -2.23. The summed E-state index contributed by atoms with van der Waals surface area (Å²) in [6.45, 7) is 0. The first-order valence-electron chi connectivity index (χ1n) is 2.58. The van der Waals surface area contributed by atoms with Gasteiger partial charge in [0, 0.05) is 13.2 Å². The molecule has 1 aliphatic rings. The Morgan fingerprint density at radius 2 is 2.50 bits per heavy atom. The molecule has 0 spiro atoms. The molecule has 0 saturated heterocycles. The van der Waals surface area contributed by atoms with Crippen LogP contribution >= 0.6 is 15.9 Å². The molecule has 1 aliphatic heterocycles. The van der Waals surface area contributed by atoms with Gasteiger partial charge in [0.05, 0.1) is 0 Å². The van der Waals surface area contributed by atoms with Crippen molar-refractivity contribution in [2.75, 3.05) is 7.05 Å². The van der Waals surface area contributed by atoms with Crippen LogP contribution in [0.25, 0.3) is 0 Å². The Bertz CT molecular complexity index is 190. The zero-order valence-electron chi connectivity index (χ0n) is 5.30. The number of nitrogens with one attached hydrogen (secondary N) is 2. The van der Waals surface area contributed by atoms with Crippen LogP contribution in [0.15, 0.2) is 15.8 Å². The number of hydrogen-bond donors (Lipinski definition) is 3. The first kappa shape index (κ1) is 7.36. The van der Waals surface area contributed by atoms with Crippen molar-refractivity contribution in [1.82, 2.24) is 15.9 Å². The molecule has 0 atom stereocenters. The zero-order chi connectivity index (χ0) is 7.56. The second-order valence-corrected chi connectivity index (χ2v) is 2.46. The molecule has 0 aromatic heterocycles. The smallest absolute Gasteiger partial charge is 0.243 e. The summed E-state index contributed by atoms with van der Waals surface area (Å²) in [6.07, 6.45) is 1.63. The number of halogens is 1. The highest BCUT2D eigenvalue weighted by molar-refractivity contribution is 9.11. The van der Waals surface area contributed by atoms with Crippen LogP contribution in [0.5, 0.6) is 0 Å². The van der Waals surface area contributed by atoms with E-state index in [9.17, 15) is 0 Å². The summed E-state index contributed by atoms with van der Waals surface area (Å²) < 4.78 is 0.641. The lowest BCUT2D eigenvalue weighted by atomic mass is 10.7. The highest BCUT2D eigenvalue weighted by atomic mass is 79.9. The number of hydrogen-bond acceptors (Lipinski definition) is 3. The van der Waals surface area contributed by atoms with Crippen molar-refractivity contribution in [3.63, 3.8) is 0 Å². The van der Waals surface area contributed by atoms with Crippen LogP contribution in [0.2, 0.25) is 0 Å². The predicted molar refractivity (Wildman–Crippen MR) is 40.3 cm³/mol. The van der Waals surface area contributed by atoms with E-state index in [4.69, 9.17) is 5.21 Å². The van der Waals surface area contributed by atoms with E-state index in [-0.39, 0.29) is 0 Å². The standard InChI is InChI=1S/C4H7BrN4O/c1-6-4-7-2-3(5)8-9(4)10/h2,8,10H,1H3,(H,6,7). The first-order chi connectivity index (χ1) is 4.74. The highest BCUT2D eigenvalue weighted by Crippen LogP contribution is 2.02. The minimum Gasteiger partial charge on any atom is -0.327 e. The molecule has 0 fully saturated rings. The van der Waals surface area contributed by atoms with Crippen LogP contribution < -0.4 is 10.7 Å². The second-order valence-electron chi connectivity index (χ2n) is 1.61. The molecule has 56 valence electrons. The Morgan fingerprint density at radius 1 is 1.80 bits per heavy atom. The third-order valence-corrected chi connectivity index (χ3v) is 1.36. The molecule has 10 heavy (non-hydrogen) atoms. The Morgan fingerprint density at radius 3 is 3.00 bits per heavy atom. The molecule has 3 N–H and O–H groups in total. The van der Waals surface area contributed by atoms with Gasteiger partial charge in [-0.25, -0.2) is 0 Å². The number of hydrazine groups is 1. The SMILES string of the molecule is CN=C1NC=C(Br)NN1O. The molecule has 1 heterocycles. The average Bonchev–Trinajstić information content (AvgIpc) is 1.88. The fourth-order valence-corrected chi connectivity index (χ4v) is 0.817. The minimum absolute atomic E-state index is 0.350. The van der Waals surface area contributed by atoms with Gasteiger partial charge in [-0.3, -0.25) is 15.6 Å². The van der Waals surface area contributed by atoms with Crippen LogP contribution in [0, 0.1) is 0 Å². The largest absolute Gasteiger partial charge is 0.327 e. The molecule has 0 amide bonds. The number of nitrogens with zero attached hydrogens (tertiary/aromatic N) is 2. The maximum atomic E-state index is 9.00. The maximum Gasteiger partial charge on any atom is 0.243 e. The molecule has 0 aromatic carbocycles. The van der Waals surface area contributed by atoms with Crippen molar-refractivity contribution in [3.05, 3.63) is 10.8 Å². The fraction of sp³-hybridized carbons (Fsp3) is 0.250. The summed E-state index contributed by atoms with van der Waals surface area (Å²) in [7, 11) is 1.57. The summed E-state index contributed by atoms with van der Waals surface area (Å²) in [6, 6.07) is 0. The predicted octanol–water partition coefficient (Wildman–Crippen LogP) is -0.0350. The van der Waals surface area contributed by atoms with E-state index in [0.29, 0.717) is 10.6 Å². The molecule has 6 heteroatoms. The second kappa shape index (κ2) is 2.89. The van der Waals surface area contributed by atoms with E-state index >= 15 is 0 Å². The van der Waals surface area contributed by atoms with E-state index in [0.717, 1.165) is 5.17 Å². The first-order valence-corrected chi connectivity index (χ1v) is 3.38. The summed E-state index contributed by atoms with van der Waals surface area (Å²) in [5.74, 6) is 0.350. The number of guanidine groups is 1. The van der Waals surface area contributed by atoms with Gasteiger partial charge in [-0.1, -0.05) is 0 Å². The van der Waals surface area contributed by atoms with Crippen molar-refractivity contribution < 1.29 is 5.21 Å². The number of rotatable bonds is 0. The Labute approximate surface area is 66.5 Å². The van der Waals surface area contributed by atoms with E-state index < -0.39 is 0 Å². The molecule has 0 aromatic rings. The zero-order valence-corrected chi connectivity index (χ0v) is 6.88. The topological polar surface area (TPSA) is 59.9 Å². The van der Waals surface area contributed by atoms with Gasteiger partial charge in [-0.2, -0.15) is 0 Å².